The fourth-order valence-corrected chi connectivity index (χ4v) is 4.68. The molecule has 1 aliphatic heterocycles. The summed E-state index contributed by atoms with van der Waals surface area (Å²) in [6.07, 6.45) is 2.14. The van der Waals surface area contributed by atoms with Gasteiger partial charge in [0.25, 0.3) is 0 Å². The molecule has 0 amide bonds. The van der Waals surface area contributed by atoms with E-state index in [2.05, 4.69) is 40.8 Å². The third-order valence-corrected chi connectivity index (χ3v) is 6.39. The minimum Gasteiger partial charge on any atom is -0.382 e. The van der Waals surface area contributed by atoms with Gasteiger partial charge in [-0.05, 0) is 30.7 Å². The van der Waals surface area contributed by atoms with Gasteiger partial charge in [0.05, 0.1) is 18.4 Å². The SMILES string of the molecule is FC(F)(F)c1ccncc1.Nc1ncnc2c1ncn2Cc1c(Br)cc(Cl)cc1N1CCC(N)C1. The monoisotopic (exact) mass is 568 g/mol. The molecule has 1 aliphatic rings. The highest BCUT2D eigenvalue weighted by molar-refractivity contribution is 9.10. The molecule has 3 aromatic heterocycles. The predicted molar refractivity (Wildman–Crippen MR) is 132 cm³/mol. The Bertz CT molecular complexity index is 1320. The van der Waals surface area contributed by atoms with E-state index in [0.717, 1.165) is 59.8 Å². The van der Waals surface area contributed by atoms with Gasteiger partial charge in [-0.2, -0.15) is 13.2 Å². The fraction of sp³-hybridized carbons (Fsp3) is 0.273. The lowest BCUT2D eigenvalue weighted by Gasteiger charge is -2.23. The minimum absolute atomic E-state index is 0.187. The topological polar surface area (TPSA) is 112 Å². The number of nitrogens with two attached hydrogens (primary N) is 2. The summed E-state index contributed by atoms with van der Waals surface area (Å²) in [7, 11) is 0. The van der Waals surface area contributed by atoms with Crippen LogP contribution in [0.2, 0.25) is 5.02 Å². The van der Waals surface area contributed by atoms with E-state index in [1.54, 1.807) is 6.33 Å². The molecule has 0 saturated carbocycles. The van der Waals surface area contributed by atoms with Crippen molar-refractivity contribution in [2.75, 3.05) is 23.7 Å². The molecule has 13 heteroatoms. The molecule has 0 radical (unpaired) electrons. The van der Waals surface area contributed by atoms with Crippen molar-refractivity contribution in [3.05, 3.63) is 69.9 Å². The van der Waals surface area contributed by atoms with Crippen LogP contribution in [0.4, 0.5) is 24.7 Å². The molecule has 1 atom stereocenters. The van der Waals surface area contributed by atoms with E-state index in [1.807, 2.05) is 16.7 Å². The highest BCUT2D eigenvalue weighted by atomic mass is 79.9. The number of halogens is 5. The number of alkyl halides is 3. The Hall–Kier alpha value is -2.96. The molecule has 4 aromatic rings. The number of hydrogen-bond donors (Lipinski definition) is 2. The van der Waals surface area contributed by atoms with Crippen LogP contribution in [0.15, 0.2) is 53.8 Å². The van der Waals surface area contributed by atoms with Crippen molar-refractivity contribution in [1.82, 2.24) is 24.5 Å². The normalized spacial score (nSPS) is 15.8. The molecule has 4 heterocycles. The molecular weight excluding hydrogens is 549 g/mol. The van der Waals surface area contributed by atoms with Gasteiger partial charge >= 0.3 is 6.18 Å². The molecule has 1 fully saturated rings. The summed E-state index contributed by atoms with van der Waals surface area (Å²) in [5.74, 6) is 0.379. The maximum Gasteiger partial charge on any atom is 0.416 e. The first-order valence-electron chi connectivity index (χ1n) is 10.5. The van der Waals surface area contributed by atoms with Gasteiger partial charge in [-0.15, -0.1) is 0 Å². The second kappa shape index (κ2) is 10.3. The van der Waals surface area contributed by atoms with Crippen molar-refractivity contribution in [1.29, 1.82) is 0 Å². The van der Waals surface area contributed by atoms with Crippen LogP contribution in [0.25, 0.3) is 11.2 Å². The highest BCUT2D eigenvalue weighted by Crippen LogP contribution is 2.35. The van der Waals surface area contributed by atoms with E-state index in [0.29, 0.717) is 28.5 Å². The average molecular weight is 570 g/mol. The number of benzene rings is 1. The number of hydrogen-bond acceptors (Lipinski definition) is 7. The molecule has 184 valence electrons. The fourth-order valence-electron chi connectivity index (χ4n) is 3.76. The van der Waals surface area contributed by atoms with Crippen LogP contribution in [0.5, 0.6) is 0 Å². The Morgan fingerprint density at radius 2 is 1.89 bits per heavy atom. The summed E-state index contributed by atoms with van der Waals surface area (Å²) in [4.78, 5) is 18.4. The molecule has 0 spiro atoms. The number of rotatable bonds is 3. The maximum absolute atomic E-state index is 11.8. The van der Waals surface area contributed by atoms with Crippen molar-refractivity contribution in [2.45, 2.75) is 25.2 Å². The quantitative estimate of drug-likeness (QED) is 0.373. The van der Waals surface area contributed by atoms with Crippen molar-refractivity contribution in [3.8, 4) is 0 Å². The minimum atomic E-state index is -4.25. The Morgan fingerprint density at radius 3 is 2.51 bits per heavy atom. The van der Waals surface area contributed by atoms with Crippen LogP contribution < -0.4 is 16.4 Å². The number of fused-ring (bicyclic) bond motifs is 1. The van der Waals surface area contributed by atoms with Crippen molar-refractivity contribution < 1.29 is 13.2 Å². The Morgan fingerprint density at radius 1 is 1.14 bits per heavy atom. The maximum atomic E-state index is 11.8. The van der Waals surface area contributed by atoms with Crippen LogP contribution in [0, 0.1) is 0 Å². The lowest BCUT2D eigenvalue weighted by Crippen LogP contribution is -2.27. The lowest BCUT2D eigenvalue weighted by molar-refractivity contribution is -0.137. The Balaban J connectivity index is 0.000000243. The van der Waals surface area contributed by atoms with Crippen LogP contribution >= 0.6 is 27.5 Å². The predicted octanol–water partition coefficient (Wildman–Crippen LogP) is 4.51. The Labute approximate surface area is 212 Å². The number of nitrogen functional groups attached to an aromatic ring is 1. The summed E-state index contributed by atoms with van der Waals surface area (Å²) < 4.78 is 38.2. The number of aromatic nitrogens is 5. The largest absolute Gasteiger partial charge is 0.416 e. The van der Waals surface area contributed by atoms with Crippen LogP contribution in [0.3, 0.4) is 0 Å². The number of pyridine rings is 1. The zero-order chi connectivity index (χ0) is 25.2. The number of anilines is 2. The molecule has 4 N–H and O–H groups in total. The molecule has 0 bridgehead atoms. The van der Waals surface area contributed by atoms with Crippen molar-refractivity contribution in [3.63, 3.8) is 0 Å². The summed E-state index contributed by atoms with van der Waals surface area (Å²) in [5, 5.41) is 0.688. The second-order valence-electron chi connectivity index (χ2n) is 7.92. The van der Waals surface area contributed by atoms with Crippen LogP contribution in [-0.2, 0) is 12.7 Å². The summed E-state index contributed by atoms with van der Waals surface area (Å²) in [6.45, 7) is 2.33. The molecule has 1 unspecified atom stereocenters. The van der Waals surface area contributed by atoms with E-state index < -0.39 is 11.7 Å². The van der Waals surface area contributed by atoms with Gasteiger partial charge in [-0.25, -0.2) is 15.0 Å². The van der Waals surface area contributed by atoms with Gasteiger partial charge in [-0.1, -0.05) is 27.5 Å². The number of imidazole rings is 1. The zero-order valence-electron chi connectivity index (χ0n) is 18.3. The average Bonchev–Trinajstić information content (AvgIpc) is 3.43. The van der Waals surface area contributed by atoms with E-state index in [-0.39, 0.29) is 6.04 Å². The van der Waals surface area contributed by atoms with Gasteiger partial charge < -0.3 is 20.9 Å². The van der Waals surface area contributed by atoms with Gasteiger partial charge in [0.1, 0.15) is 11.8 Å². The third-order valence-electron chi connectivity index (χ3n) is 5.47. The first kappa shape index (κ1) is 25.1. The molecule has 5 rings (SSSR count). The van der Waals surface area contributed by atoms with Gasteiger partial charge in [0, 0.05) is 52.3 Å². The third kappa shape index (κ3) is 5.82. The van der Waals surface area contributed by atoms with Crippen molar-refractivity contribution in [2.24, 2.45) is 5.73 Å². The number of nitrogens with zero attached hydrogens (tertiary/aromatic N) is 6. The van der Waals surface area contributed by atoms with Crippen LogP contribution in [-0.4, -0.2) is 43.6 Å². The first-order chi connectivity index (χ1) is 16.6. The molecule has 35 heavy (non-hydrogen) atoms. The Kier molecular flexibility index (Phi) is 7.43. The summed E-state index contributed by atoms with van der Waals surface area (Å²) >= 11 is 9.94. The van der Waals surface area contributed by atoms with Crippen molar-refractivity contribution >= 4 is 50.2 Å². The van der Waals surface area contributed by atoms with Gasteiger partial charge in [-0.3, -0.25) is 4.98 Å². The first-order valence-corrected chi connectivity index (χ1v) is 11.7. The van der Waals surface area contributed by atoms with E-state index in [4.69, 9.17) is 23.1 Å². The standard InChI is InChI=1S/C16H17BrClN7.C6H4F3N/c17-12-3-9(18)4-13(24-2-1-10(19)5-24)11(12)6-25-8-23-14-15(20)21-7-22-16(14)25;7-6(8,9)5-1-3-10-4-2-5/h3-4,7-8,10H,1-2,5-6,19H2,(H2,20,21,22);1-4H. The zero-order valence-corrected chi connectivity index (χ0v) is 20.6. The van der Waals surface area contributed by atoms with E-state index >= 15 is 0 Å². The smallest absolute Gasteiger partial charge is 0.382 e. The van der Waals surface area contributed by atoms with E-state index in [1.165, 1.54) is 6.33 Å². The molecule has 0 aliphatic carbocycles. The molecule has 1 saturated heterocycles. The van der Waals surface area contributed by atoms with Gasteiger partial charge in [0.2, 0.25) is 0 Å². The highest BCUT2D eigenvalue weighted by Gasteiger charge is 2.29. The summed E-state index contributed by atoms with van der Waals surface area (Å²) in [6, 6.07) is 5.94. The van der Waals surface area contributed by atoms with Gasteiger partial charge in [0.15, 0.2) is 11.5 Å². The molecule has 8 nitrogen and oxygen atoms in total. The van der Waals surface area contributed by atoms with E-state index in [9.17, 15) is 13.2 Å². The molecule has 1 aromatic carbocycles. The molecular formula is C22H21BrClF3N8. The summed E-state index contributed by atoms with van der Waals surface area (Å²) in [5.41, 5.74) is 14.8. The second-order valence-corrected chi connectivity index (χ2v) is 9.21. The lowest BCUT2D eigenvalue weighted by atomic mass is 10.1. The van der Waals surface area contributed by atoms with Crippen LogP contribution in [0.1, 0.15) is 17.5 Å².